The molecule has 3 rings (SSSR count). The molecular weight excluding hydrogens is 331 g/mol. The summed E-state index contributed by atoms with van der Waals surface area (Å²) in [7, 11) is 0. The lowest BCUT2D eigenvalue weighted by atomic mass is 10.2. The van der Waals surface area contributed by atoms with Crippen molar-refractivity contribution in [3.8, 4) is 17.2 Å². The third kappa shape index (κ3) is 4.65. The number of halogens is 2. The molecule has 23 heavy (non-hydrogen) atoms. The van der Waals surface area contributed by atoms with Gasteiger partial charge in [0.1, 0.15) is 23.9 Å². The van der Waals surface area contributed by atoms with Gasteiger partial charge in [-0.25, -0.2) is 0 Å². The van der Waals surface area contributed by atoms with Crippen molar-refractivity contribution in [2.24, 2.45) is 0 Å². The number of hydrogen-bond donors (Lipinski definition) is 0. The molecule has 0 radical (unpaired) electrons. The summed E-state index contributed by atoms with van der Waals surface area (Å²) in [4.78, 5) is 0. The van der Waals surface area contributed by atoms with Gasteiger partial charge in [0.15, 0.2) is 0 Å². The summed E-state index contributed by atoms with van der Waals surface area (Å²) in [6, 6.07) is 22.5. The molecule has 2 nitrogen and oxygen atoms in total. The fourth-order valence-electron chi connectivity index (χ4n) is 2.11. The van der Waals surface area contributed by atoms with Crippen LogP contribution in [0.3, 0.4) is 0 Å². The average Bonchev–Trinajstić information content (AvgIpc) is 2.53. The molecule has 3 aromatic carbocycles. The first kappa shape index (κ1) is 15.7. The third-order valence-corrected chi connectivity index (χ3v) is 3.56. The molecule has 116 valence electrons. The molecule has 0 fully saturated rings. The van der Waals surface area contributed by atoms with Crippen LogP contribution in [0.25, 0.3) is 0 Å². The topological polar surface area (TPSA) is 18.5 Å². The van der Waals surface area contributed by atoms with E-state index in [1.807, 2.05) is 54.6 Å². The Labute approximate surface area is 145 Å². The zero-order chi connectivity index (χ0) is 16.1. The van der Waals surface area contributed by atoms with Gasteiger partial charge < -0.3 is 9.47 Å². The van der Waals surface area contributed by atoms with Gasteiger partial charge in [-0.05, 0) is 48.0 Å². The molecular formula is C19H14Cl2O2. The number of para-hydroxylation sites is 1. The van der Waals surface area contributed by atoms with Crippen molar-refractivity contribution < 1.29 is 9.47 Å². The molecule has 3 aromatic rings. The molecule has 0 aliphatic carbocycles. The molecule has 0 N–H and O–H groups in total. The lowest BCUT2D eigenvalue weighted by Gasteiger charge is -2.10. The molecule has 0 unspecified atom stereocenters. The van der Waals surface area contributed by atoms with Crippen LogP contribution >= 0.6 is 23.2 Å². The van der Waals surface area contributed by atoms with E-state index in [9.17, 15) is 0 Å². The maximum absolute atomic E-state index is 5.98. The van der Waals surface area contributed by atoms with Crippen molar-refractivity contribution in [3.05, 3.63) is 88.4 Å². The molecule has 4 heteroatoms. The van der Waals surface area contributed by atoms with Crippen LogP contribution in [0.5, 0.6) is 17.2 Å². The molecule has 0 amide bonds. The van der Waals surface area contributed by atoms with Crippen LogP contribution in [0.4, 0.5) is 0 Å². The largest absolute Gasteiger partial charge is 0.489 e. The molecule has 0 atom stereocenters. The SMILES string of the molecule is Clc1cc(Cl)cc(Oc2cccc(COc3ccccc3)c2)c1. The summed E-state index contributed by atoms with van der Waals surface area (Å²) in [5.41, 5.74) is 1.01. The monoisotopic (exact) mass is 344 g/mol. The second kappa shape index (κ2) is 7.40. The van der Waals surface area contributed by atoms with E-state index in [4.69, 9.17) is 32.7 Å². The quantitative estimate of drug-likeness (QED) is 0.535. The van der Waals surface area contributed by atoms with Crippen LogP contribution in [0.2, 0.25) is 10.0 Å². The normalized spacial score (nSPS) is 10.3. The summed E-state index contributed by atoms with van der Waals surface area (Å²) in [6.45, 7) is 0.470. The van der Waals surface area contributed by atoms with Crippen LogP contribution < -0.4 is 9.47 Å². The summed E-state index contributed by atoms with van der Waals surface area (Å²) < 4.78 is 11.5. The van der Waals surface area contributed by atoms with E-state index in [0.29, 0.717) is 28.2 Å². The van der Waals surface area contributed by atoms with Crippen molar-refractivity contribution in [3.63, 3.8) is 0 Å². The van der Waals surface area contributed by atoms with Crippen molar-refractivity contribution in [1.29, 1.82) is 0 Å². The van der Waals surface area contributed by atoms with Gasteiger partial charge in [-0.15, -0.1) is 0 Å². The average molecular weight is 345 g/mol. The fourth-order valence-corrected chi connectivity index (χ4v) is 2.61. The molecule has 0 aliphatic rings. The van der Waals surface area contributed by atoms with Gasteiger partial charge in [0, 0.05) is 10.0 Å². The predicted octanol–water partition coefficient (Wildman–Crippen LogP) is 6.36. The van der Waals surface area contributed by atoms with Crippen molar-refractivity contribution in [1.82, 2.24) is 0 Å². The first-order valence-electron chi connectivity index (χ1n) is 7.10. The second-order valence-corrected chi connectivity index (χ2v) is 5.83. The third-order valence-electron chi connectivity index (χ3n) is 3.12. The number of hydrogen-bond acceptors (Lipinski definition) is 2. The first-order valence-corrected chi connectivity index (χ1v) is 7.85. The Balaban J connectivity index is 1.69. The molecule has 0 saturated heterocycles. The van der Waals surface area contributed by atoms with Crippen LogP contribution in [-0.4, -0.2) is 0 Å². The minimum absolute atomic E-state index is 0.470. The van der Waals surface area contributed by atoms with E-state index < -0.39 is 0 Å². The van der Waals surface area contributed by atoms with Gasteiger partial charge in [-0.2, -0.15) is 0 Å². The molecule has 0 heterocycles. The lowest BCUT2D eigenvalue weighted by Crippen LogP contribution is -1.95. The zero-order valence-electron chi connectivity index (χ0n) is 12.2. The Morgan fingerprint density at radius 3 is 2.09 bits per heavy atom. The smallest absolute Gasteiger partial charge is 0.130 e. The Morgan fingerprint density at radius 1 is 0.652 bits per heavy atom. The second-order valence-electron chi connectivity index (χ2n) is 4.96. The number of rotatable bonds is 5. The van der Waals surface area contributed by atoms with Crippen molar-refractivity contribution in [2.75, 3.05) is 0 Å². The van der Waals surface area contributed by atoms with E-state index in [2.05, 4.69) is 0 Å². The van der Waals surface area contributed by atoms with Gasteiger partial charge in [-0.3, -0.25) is 0 Å². The van der Waals surface area contributed by atoms with Gasteiger partial charge in [0.05, 0.1) is 0 Å². The molecule has 0 aliphatic heterocycles. The van der Waals surface area contributed by atoms with Crippen molar-refractivity contribution >= 4 is 23.2 Å². The number of ether oxygens (including phenoxy) is 2. The molecule has 0 aromatic heterocycles. The summed E-state index contributed by atoms with van der Waals surface area (Å²) in [5.74, 6) is 2.14. The summed E-state index contributed by atoms with van der Waals surface area (Å²) in [6.07, 6.45) is 0. The van der Waals surface area contributed by atoms with E-state index in [1.165, 1.54) is 0 Å². The Kier molecular flexibility index (Phi) is 5.06. The summed E-state index contributed by atoms with van der Waals surface area (Å²) in [5, 5.41) is 1.08. The minimum atomic E-state index is 0.470. The van der Waals surface area contributed by atoms with Crippen LogP contribution in [0.15, 0.2) is 72.8 Å². The van der Waals surface area contributed by atoms with Crippen LogP contribution in [0, 0.1) is 0 Å². The molecule has 0 saturated carbocycles. The van der Waals surface area contributed by atoms with Crippen LogP contribution in [-0.2, 0) is 6.61 Å². The standard InChI is InChI=1S/C19H14Cl2O2/c20-15-10-16(21)12-19(11-15)23-18-8-4-5-14(9-18)13-22-17-6-2-1-3-7-17/h1-12H,13H2. The maximum atomic E-state index is 5.98. The highest BCUT2D eigenvalue weighted by Gasteiger charge is 2.03. The Hall–Kier alpha value is -2.16. The Morgan fingerprint density at radius 2 is 1.35 bits per heavy atom. The predicted molar refractivity (Wildman–Crippen MR) is 93.8 cm³/mol. The lowest BCUT2D eigenvalue weighted by molar-refractivity contribution is 0.305. The van der Waals surface area contributed by atoms with E-state index in [-0.39, 0.29) is 0 Å². The summed E-state index contributed by atoms with van der Waals surface area (Å²) >= 11 is 12.0. The molecule has 0 bridgehead atoms. The number of benzene rings is 3. The zero-order valence-corrected chi connectivity index (χ0v) is 13.7. The Bertz CT molecular complexity index is 768. The molecule has 0 spiro atoms. The minimum Gasteiger partial charge on any atom is -0.489 e. The van der Waals surface area contributed by atoms with Gasteiger partial charge in [-0.1, -0.05) is 53.5 Å². The highest BCUT2D eigenvalue weighted by Crippen LogP contribution is 2.28. The van der Waals surface area contributed by atoms with Gasteiger partial charge in [0.25, 0.3) is 0 Å². The van der Waals surface area contributed by atoms with E-state index >= 15 is 0 Å². The maximum Gasteiger partial charge on any atom is 0.130 e. The van der Waals surface area contributed by atoms with E-state index in [1.54, 1.807) is 18.2 Å². The van der Waals surface area contributed by atoms with E-state index in [0.717, 1.165) is 11.3 Å². The fraction of sp³-hybridized carbons (Fsp3) is 0.0526. The van der Waals surface area contributed by atoms with Crippen LogP contribution in [0.1, 0.15) is 5.56 Å². The highest BCUT2D eigenvalue weighted by molar-refractivity contribution is 6.34. The first-order chi connectivity index (χ1) is 11.2. The van der Waals surface area contributed by atoms with Gasteiger partial charge >= 0.3 is 0 Å². The highest BCUT2D eigenvalue weighted by atomic mass is 35.5. The van der Waals surface area contributed by atoms with Crippen molar-refractivity contribution in [2.45, 2.75) is 6.61 Å². The van der Waals surface area contributed by atoms with Gasteiger partial charge in [0.2, 0.25) is 0 Å².